The van der Waals surface area contributed by atoms with Crippen molar-refractivity contribution in [1.29, 1.82) is 5.41 Å². The van der Waals surface area contributed by atoms with Crippen molar-refractivity contribution >= 4 is 5.84 Å². The summed E-state index contributed by atoms with van der Waals surface area (Å²) in [6.45, 7) is 0. The first-order valence-corrected chi connectivity index (χ1v) is 5.13. The van der Waals surface area contributed by atoms with Crippen LogP contribution in [0.3, 0.4) is 0 Å². The fourth-order valence-corrected chi connectivity index (χ4v) is 1.49. The Kier molecular flexibility index (Phi) is 3.23. The van der Waals surface area contributed by atoms with Gasteiger partial charge in [-0.1, -0.05) is 12.1 Å². The summed E-state index contributed by atoms with van der Waals surface area (Å²) in [6.07, 6.45) is 0. The van der Waals surface area contributed by atoms with E-state index in [9.17, 15) is 8.78 Å². The number of nitrogens with one attached hydrogen (secondary N) is 1. The van der Waals surface area contributed by atoms with Crippen molar-refractivity contribution in [3.8, 4) is 11.5 Å². The number of hydrogen-bond acceptors (Lipinski definition) is 2. The van der Waals surface area contributed by atoms with Crippen LogP contribution >= 0.6 is 0 Å². The lowest BCUT2D eigenvalue weighted by atomic mass is 10.2. The van der Waals surface area contributed by atoms with Gasteiger partial charge in [0.25, 0.3) is 0 Å². The standard InChI is InChI=1S/C13H10F2N2O/c14-8-5-9(15)7-10(6-8)18-12-4-2-1-3-11(12)13(16)17/h1-7H,(H3,16,17). The monoisotopic (exact) mass is 248 g/mol. The van der Waals surface area contributed by atoms with Crippen molar-refractivity contribution in [2.75, 3.05) is 0 Å². The van der Waals surface area contributed by atoms with Crippen LogP contribution in [0.4, 0.5) is 8.78 Å². The summed E-state index contributed by atoms with van der Waals surface area (Å²) in [6, 6.07) is 9.39. The minimum Gasteiger partial charge on any atom is -0.456 e. The van der Waals surface area contributed by atoms with E-state index in [1.165, 1.54) is 0 Å². The molecule has 18 heavy (non-hydrogen) atoms. The summed E-state index contributed by atoms with van der Waals surface area (Å²) in [5.74, 6) is -1.35. The van der Waals surface area contributed by atoms with E-state index in [2.05, 4.69) is 0 Å². The van der Waals surface area contributed by atoms with Crippen LogP contribution in [-0.2, 0) is 0 Å². The van der Waals surface area contributed by atoms with E-state index in [1.807, 2.05) is 0 Å². The molecule has 0 amide bonds. The second-order valence-electron chi connectivity index (χ2n) is 3.62. The van der Waals surface area contributed by atoms with Crippen LogP contribution in [0.5, 0.6) is 11.5 Å². The van der Waals surface area contributed by atoms with Crippen molar-refractivity contribution in [2.45, 2.75) is 0 Å². The molecule has 3 N–H and O–H groups in total. The van der Waals surface area contributed by atoms with E-state index >= 15 is 0 Å². The summed E-state index contributed by atoms with van der Waals surface area (Å²) in [5.41, 5.74) is 5.75. The van der Waals surface area contributed by atoms with E-state index in [0.717, 1.165) is 18.2 Å². The molecule has 0 bridgehead atoms. The topological polar surface area (TPSA) is 59.1 Å². The van der Waals surface area contributed by atoms with Gasteiger partial charge in [0, 0.05) is 18.2 Å². The Morgan fingerprint density at radius 2 is 1.67 bits per heavy atom. The quantitative estimate of drug-likeness (QED) is 0.647. The van der Waals surface area contributed by atoms with Gasteiger partial charge in [-0.05, 0) is 12.1 Å². The largest absolute Gasteiger partial charge is 0.456 e. The van der Waals surface area contributed by atoms with Crippen molar-refractivity contribution in [1.82, 2.24) is 0 Å². The molecule has 0 atom stereocenters. The third-order valence-electron chi connectivity index (χ3n) is 2.24. The maximum atomic E-state index is 13.0. The zero-order chi connectivity index (χ0) is 13.1. The second kappa shape index (κ2) is 4.83. The number of hydrogen-bond donors (Lipinski definition) is 2. The molecular weight excluding hydrogens is 238 g/mol. The number of halogens is 2. The first-order chi connectivity index (χ1) is 8.56. The summed E-state index contributed by atoms with van der Waals surface area (Å²) < 4.78 is 31.3. The zero-order valence-electron chi connectivity index (χ0n) is 9.28. The molecule has 0 aliphatic rings. The fourth-order valence-electron chi connectivity index (χ4n) is 1.49. The van der Waals surface area contributed by atoms with E-state index in [-0.39, 0.29) is 17.3 Å². The Balaban J connectivity index is 2.37. The van der Waals surface area contributed by atoms with Crippen LogP contribution in [0.2, 0.25) is 0 Å². The Morgan fingerprint density at radius 3 is 2.28 bits per heavy atom. The molecule has 92 valence electrons. The zero-order valence-corrected chi connectivity index (χ0v) is 9.28. The molecule has 0 heterocycles. The van der Waals surface area contributed by atoms with Gasteiger partial charge >= 0.3 is 0 Å². The highest BCUT2D eigenvalue weighted by atomic mass is 19.1. The summed E-state index contributed by atoms with van der Waals surface area (Å²) in [7, 11) is 0. The number of amidine groups is 1. The lowest BCUT2D eigenvalue weighted by molar-refractivity contribution is 0.467. The third-order valence-corrected chi connectivity index (χ3v) is 2.24. The van der Waals surface area contributed by atoms with Gasteiger partial charge in [0.1, 0.15) is 29.0 Å². The minimum atomic E-state index is -0.731. The van der Waals surface area contributed by atoms with Gasteiger partial charge in [-0.15, -0.1) is 0 Å². The highest BCUT2D eigenvalue weighted by molar-refractivity contribution is 5.97. The summed E-state index contributed by atoms with van der Waals surface area (Å²) in [5, 5.41) is 7.38. The lowest BCUT2D eigenvalue weighted by Crippen LogP contribution is -2.12. The predicted octanol–water partition coefficient (Wildman–Crippen LogP) is 3.04. The van der Waals surface area contributed by atoms with Crippen molar-refractivity contribution < 1.29 is 13.5 Å². The Labute approximate surface area is 102 Å². The number of nitrogen functional groups attached to an aromatic ring is 1. The van der Waals surface area contributed by atoms with Gasteiger partial charge in [-0.2, -0.15) is 0 Å². The average Bonchev–Trinajstić information content (AvgIpc) is 2.27. The highest BCUT2D eigenvalue weighted by Gasteiger charge is 2.08. The maximum Gasteiger partial charge on any atom is 0.138 e. The van der Waals surface area contributed by atoms with E-state index in [1.54, 1.807) is 24.3 Å². The molecule has 0 aliphatic carbocycles. The fraction of sp³-hybridized carbons (Fsp3) is 0. The van der Waals surface area contributed by atoms with Crippen LogP contribution in [-0.4, -0.2) is 5.84 Å². The number of ether oxygens (including phenoxy) is 1. The first kappa shape index (κ1) is 12.0. The van der Waals surface area contributed by atoms with Crippen LogP contribution in [0.25, 0.3) is 0 Å². The lowest BCUT2D eigenvalue weighted by Gasteiger charge is -2.10. The molecule has 0 fully saturated rings. The molecule has 3 nitrogen and oxygen atoms in total. The Hall–Kier alpha value is -2.43. The maximum absolute atomic E-state index is 13.0. The molecule has 5 heteroatoms. The van der Waals surface area contributed by atoms with E-state index in [4.69, 9.17) is 15.9 Å². The number of benzene rings is 2. The molecule has 0 unspecified atom stereocenters. The molecule has 0 aliphatic heterocycles. The molecule has 0 saturated heterocycles. The molecule has 2 aromatic rings. The van der Waals surface area contributed by atoms with E-state index in [0.29, 0.717) is 5.56 Å². The smallest absolute Gasteiger partial charge is 0.138 e. The summed E-state index contributed by atoms with van der Waals surface area (Å²) >= 11 is 0. The van der Waals surface area contributed by atoms with E-state index < -0.39 is 11.6 Å². The SMILES string of the molecule is N=C(N)c1ccccc1Oc1cc(F)cc(F)c1. The van der Waals surface area contributed by atoms with Crippen molar-refractivity contribution in [3.05, 3.63) is 59.7 Å². The Bertz CT molecular complexity index is 579. The van der Waals surface area contributed by atoms with Gasteiger partial charge in [0.2, 0.25) is 0 Å². The molecular formula is C13H10F2N2O. The van der Waals surface area contributed by atoms with Crippen LogP contribution in [0, 0.1) is 17.0 Å². The minimum absolute atomic E-state index is 0.0150. The third kappa shape index (κ3) is 2.63. The molecule has 2 aromatic carbocycles. The van der Waals surface area contributed by atoms with Crippen molar-refractivity contribution in [3.63, 3.8) is 0 Å². The predicted molar refractivity (Wildman–Crippen MR) is 63.9 cm³/mol. The van der Waals surface area contributed by atoms with Gasteiger partial charge in [0.15, 0.2) is 0 Å². The summed E-state index contributed by atoms with van der Waals surface area (Å²) in [4.78, 5) is 0. The van der Waals surface area contributed by atoms with Crippen LogP contribution in [0.15, 0.2) is 42.5 Å². The number of para-hydroxylation sites is 1. The van der Waals surface area contributed by atoms with Gasteiger partial charge in [0.05, 0.1) is 5.56 Å². The van der Waals surface area contributed by atoms with Crippen molar-refractivity contribution in [2.24, 2.45) is 5.73 Å². The molecule has 0 spiro atoms. The Morgan fingerprint density at radius 1 is 1.06 bits per heavy atom. The first-order valence-electron chi connectivity index (χ1n) is 5.13. The molecule has 0 aromatic heterocycles. The number of rotatable bonds is 3. The average molecular weight is 248 g/mol. The molecule has 0 radical (unpaired) electrons. The van der Waals surface area contributed by atoms with Gasteiger partial charge < -0.3 is 10.5 Å². The van der Waals surface area contributed by atoms with Crippen LogP contribution in [0.1, 0.15) is 5.56 Å². The van der Waals surface area contributed by atoms with Crippen LogP contribution < -0.4 is 10.5 Å². The number of nitrogens with two attached hydrogens (primary N) is 1. The second-order valence-corrected chi connectivity index (χ2v) is 3.62. The molecule has 2 rings (SSSR count). The van der Waals surface area contributed by atoms with Gasteiger partial charge in [-0.25, -0.2) is 8.78 Å². The molecule has 0 saturated carbocycles. The highest BCUT2D eigenvalue weighted by Crippen LogP contribution is 2.26. The van der Waals surface area contributed by atoms with Gasteiger partial charge in [-0.3, -0.25) is 5.41 Å². The normalized spacial score (nSPS) is 10.1.